The van der Waals surface area contributed by atoms with Crippen molar-refractivity contribution in [3.63, 3.8) is 0 Å². The predicted octanol–water partition coefficient (Wildman–Crippen LogP) is 3.28. The number of nitrogens with zero attached hydrogens (tertiary/aromatic N) is 1. The number of carbonyl (C=O) groups excluding carboxylic acids is 1. The summed E-state index contributed by atoms with van der Waals surface area (Å²) in [6, 6.07) is 9.30. The van der Waals surface area contributed by atoms with Gasteiger partial charge in [0.2, 0.25) is 0 Å². The second-order valence-corrected chi connectivity index (χ2v) is 6.32. The summed E-state index contributed by atoms with van der Waals surface area (Å²) in [5, 5.41) is 0. The van der Waals surface area contributed by atoms with E-state index in [1.54, 1.807) is 11.9 Å². The van der Waals surface area contributed by atoms with Crippen LogP contribution in [0.5, 0.6) is 0 Å². The van der Waals surface area contributed by atoms with Crippen molar-refractivity contribution in [1.29, 1.82) is 0 Å². The zero-order chi connectivity index (χ0) is 14.9. The Morgan fingerprint density at radius 2 is 2.00 bits per heavy atom. The van der Waals surface area contributed by atoms with E-state index in [1.165, 1.54) is 16.2 Å². The van der Waals surface area contributed by atoms with Gasteiger partial charge in [-0.1, -0.05) is 24.4 Å². The molecule has 3 nitrogen and oxygen atoms in total. The van der Waals surface area contributed by atoms with E-state index in [0.717, 1.165) is 21.7 Å². The van der Waals surface area contributed by atoms with E-state index < -0.39 is 0 Å². The van der Waals surface area contributed by atoms with Gasteiger partial charge in [-0.3, -0.25) is 4.79 Å². The van der Waals surface area contributed by atoms with Gasteiger partial charge in [-0.15, -0.1) is 11.3 Å². The quantitative estimate of drug-likeness (QED) is 0.885. The molecule has 1 aromatic heterocycles. The van der Waals surface area contributed by atoms with Crippen LogP contribution in [0.25, 0.3) is 0 Å². The molecule has 1 heterocycles. The zero-order valence-corrected chi connectivity index (χ0v) is 13.3. The Hall–Kier alpha value is -1.72. The zero-order valence-electron chi connectivity index (χ0n) is 11.6. The molecule has 2 aromatic rings. The third kappa shape index (κ3) is 2.89. The van der Waals surface area contributed by atoms with Crippen molar-refractivity contribution in [2.75, 3.05) is 11.9 Å². The van der Waals surface area contributed by atoms with Crippen LogP contribution in [0.15, 0.2) is 30.3 Å². The minimum Gasteiger partial charge on any atom is -0.389 e. The molecule has 0 aliphatic heterocycles. The van der Waals surface area contributed by atoms with Gasteiger partial charge < -0.3 is 10.6 Å². The van der Waals surface area contributed by atoms with Gasteiger partial charge in [0, 0.05) is 23.2 Å². The number of nitrogens with two attached hydrogens (primary N) is 1. The van der Waals surface area contributed by atoms with Crippen molar-refractivity contribution in [3.05, 3.63) is 51.2 Å². The number of aryl methyl sites for hydroxylation is 2. The number of hydrogen-bond acceptors (Lipinski definition) is 3. The Bertz CT molecular complexity index is 657. The average Bonchev–Trinajstić information content (AvgIpc) is 2.77. The molecule has 0 aliphatic carbocycles. The van der Waals surface area contributed by atoms with Crippen molar-refractivity contribution in [1.82, 2.24) is 0 Å². The lowest BCUT2D eigenvalue weighted by atomic mass is 10.2. The van der Waals surface area contributed by atoms with Crippen LogP contribution in [-0.4, -0.2) is 17.9 Å². The summed E-state index contributed by atoms with van der Waals surface area (Å²) < 4.78 is 0. The molecule has 0 saturated heterocycles. The van der Waals surface area contributed by atoms with Gasteiger partial charge in [-0.05, 0) is 37.6 Å². The summed E-state index contributed by atoms with van der Waals surface area (Å²) in [6.45, 7) is 4.03. The number of thiophene rings is 1. The molecular formula is C15H16N2OS2. The molecule has 0 radical (unpaired) electrons. The Labute approximate surface area is 128 Å². The first-order chi connectivity index (χ1) is 9.40. The third-order valence-corrected chi connectivity index (χ3v) is 4.58. The van der Waals surface area contributed by atoms with E-state index in [9.17, 15) is 4.79 Å². The number of anilines is 1. The van der Waals surface area contributed by atoms with Gasteiger partial charge in [0.1, 0.15) is 4.99 Å². The fourth-order valence-electron chi connectivity index (χ4n) is 1.83. The molecule has 1 amide bonds. The van der Waals surface area contributed by atoms with E-state index in [0.29, 0.717) is 4.99 Å². The van der Waals surface area contributed by atoms with Gasteiger partial charge in [-0.25, -0.2) is 0 Å². The first-order valence-corrected chi connectivity index (χ1v) is 7.37. The van der Waals surface area contributed by atoms with Crippen LogP contribution in [0.4, 0.5) is 5.69 Å². The third-order valence-electron chi connectivity index (χ3n) is 3.20. The van der Waals surface area contributed by atoms with Crippen LogP contribution < -0.4 is 10.6 Å². The minimum atomic E-state index is -0.0220. The Kier molecular flexibility index (Phi) is 4.20. The Balaban J connectivity index is 2.31. The van der Waals surface area contributed by atoms with E-state index in [-0.39, 0.29) is 5.91 Å². The molecule has 20 heavy (non-hydrogen) atoms. The van der Waals surface area contributed by atoms with Crippen LogP contribution in [0.2, 0.25) is 0 Å². The van der Waals surface area contributed by atoms with E-state index in [1.807, 2.05) is 44.2 Å². The lowest BCUT2D eigenvalue weighted by Crippen LogP contribution is -2.25. The summed E-state index contributed by atoms with van der Waals surface area (Å²) >= 11 is 6.48. The summed E-state index contributed by atoms with van der Waals surface area (Å²) in [5.41, 5.74) is 8.31. The molecule has 2 rings (SSSR count). The van der Waals surface area contributed by atoms with E-state index >= 15 is 0 Å². The highest BCUT2D eigenvalue weighted by Crippen LogP contribution is 2.24. The molecule has 0 bridgehead atoms. The molecule has 0 unspecified atom stereocenters. The van der Waals surface area contributed by atoms with Crippen LogP contribution >= 0.6 is 23.6 Å². The van der Waals surface area contributed by atoms with E-state index in [4.69, 9.17) is 18.0 Å². The second kappa shape index (κ2) is 5.73. The van der Waals surface area contributed by atoms with Crippen LogP contribution in [-0.2, 0) is 0 Å². The molecule has 0 spiro atoms. The standard InChI is InChI=1S/C15H16N2OS2/c1-9-7-13(20-10(9)2)15(18)17(3)12-6-4-5-11(8-12)14(16)19/h4-8H,1-3H3,(H2,16,19). The number of amides is 1. The predicted molar refractivity (Wildman–Crippen MR) is 88.9 cm³/mol. The smallest absolute Gasteiger partial charge is 0.268 e. The molecule has 0 aliphatic rings. The minimum absolute atomic E-state index is 0.0220. The Morgan fingerprint density at radius 1 is 1.30 bits per heavy atom. The topological polar surface area (TPSA) is 46.3 Å². The molecular weight excluding hydrogens is 288 g/mol. The lowest BCUT2D eigenvalue weighted by molar-refractivity contribution is 0.0997. The van der Waals surface area contributed by atoms with Crippen LogP contribution in [0.3, 0.4) is 0 Å². The van der Waals surface area contributed by atoms with Crippen LogP contribution in [0.1, 0.15) is 25.7 Å². The average molecular weight is 304 g/mol. The maximum absolute atomic E-state index is 12.5. The molecule has 5 heteroatoms. The maximum Gasteiger partial charge on any atom is 0.268 e. The van der Waals surface area contributed by atoms with Crippen molar-refractivity contribution in [2.45, 2.75) is 13.8 Å². The van der Waals surface area contributed by atoms with E-state index in [2.05, 4.69) is 0 Å². The van der Waals surface area contributed by atoms with Gasteiger partial charge >= 0.3 is 0 Å². The SMILES string of the molecule is Cc1cc(C(=O)N(C)c2cccc(C(N)=S)c2)sc1C. The van der Waals surface area contributed by atoms with Crippen molar-refractivity contribution in [2.24, 2.45) is 5.73 Å². The van der Waals surface area contributed by atoms with Gasteiger partial charge in [0.25, 0.3) is 5.91 Å². The first-order valence-electron chi connectivity index (χ1n) is 6.15. The van der Waals surface area contributed by atoms with Crippen LogP contribution in [0, 0.1) is 13.8 Å². The Morgan fingerprint density at radius 3 is 2.55 bits per heavy atom. The lowest BCUT2D eigenvalue weighted by Gasteiger charge is -2.17. The number of rotatable bonds is 3. The highest BCUT2D eigenvalue weighted by atomic mass is 32.1. The first kappa shape index (κ1) is 14.7. The number of hydrogen-bond donors (Lipinski definition) is 1. The largest absolute Gasteiger partial charge is 0.389 e. The molecule has 1 aromatic carbocycles. The summed E-state index contributed by atoms with van der Waals surface area (Å²) in [5.74, 6) is -0.0220. The van der Waals surface area contributed by atoms with Gasteiger partial charge in [-0.2, -0.15) is 0 Å². The van der Waals surface area contributed by atoms with Gasteiger partial charge in [0.15, 0.2) is 0 Å². The number of thiocarbonyl (C=S) groups is 1. The summed E-state index contributed by atoms with van der Waals surface area (Å²) in [6.07, 6.45) is 0. The molecule has 0 fully saturated rings. The number of carbonyl (C=O) groups is 1. The highest BCUT2D eigenvalue weighted by Gasteiger charge is 2.17. The molecule has 2 N–H and O–H groups in total. The maximum atomic E-state index is 12.5. The highest BCUT2D eigenvalue weighted by molar-refractivity contribution is 7.80. The summed E-state index contributed by atoms with van der Waals surface area (Å²) in [7, 11) is 1.76. The normalized spacial score (nSPS) is 10.3. The summed E-state index contributed by atoms with van der Waals surface area (Å²) in [4.78, 5) is 16.3. The number of benzene rings is 1. The monoisotopic (exact) mass is 304 g/mol. The second-order valence-electron chi connectivity index (χ2n) is 4.63. The fraction of sp³-hybridized carbons (Fsp3) is 0.200. The molecule has 0 atom stereocenters. The fourth-order valence-corrected chi connectivity index (χ4v) is 2.97. The van der Waals surface area contributed by atoms with Crippen molar-refractivity contribution >= 4 is 40.1 Å². The van der Waals surface area contributed by atoms with Crippen molar-refractivity contribution in [3.8, 4) is 0 Å². The van der Waals surface area contributed by atoms with Crippen molar-refractivity contribution < 1.29 is 4.79 Å². The van der Waals surface area contributed by atoms with Gasteiger partial charge in [0.05, 0.1) is 4.88 Å². The molecule has 104 valence electrons. The molecule has 0 saturated carbocycles.